The fourth-order valence-electron chi connectivity index (χ4n) is 6.55. The summed E-state index contributed by atoms with van der Waals surface area (Å²) in [5.74, 6) is 2.40. The van der Waals surface area contributed by atoms with Crippen LogP contribution in [0.5, 0.6) is 0 Å². The summed E-state index contributed by atoms with van der Waals surface area (Å²) in [6, 6.07) is 18.2. The Kier molecular flexibility index (Phi) is 6.48. The summed E-state index contributed by atoms with van der Waals surface area (Å²) in [5.41, 5.74) is 15.1. The van der Waals surface area contributed by atoms with Gasteiger partial charge < -0.3 is 5.73 Å². The van der Waals surface area contributed by atoms with E-state index in [0.717, 1.165) is 18.5 Å². The van der Waals surface area contributed by atoms with E-state index in [1.165, 1.54) is 82.8 Å². The number of amidine groups is 1. The number of nitrogens with two attached hydrogens (primary N) is 1. The van der Waals surface area contributed by atoms with Gasteiger partial charge in [-0.2, -0.15) is 0 Å². The van der Waals surface area contributed by atoms with Gasteiger partial charge in [-0.25, -0.2) is 0 Å². The number of benzene rings is 3. The zero-order valence-electron chi connectivity index (χ0n) is 22.3. The van der Waals surface area contributed by atoms with E-state index in [1.54, 1.807) is 0 Å². The van der Waals surface area contributed by atoms with E-state index < -0.39 is 0 Å². The van der Waals surface area contributed by atoms with E-state index in [-0.39, 0.29) is 5.84 Å². The minimum Gasteiger partial charge on any atom is -0.384 e. The highest BCUT2D eigenvalue weighted by atomic mass is 14.8. The maximum atomic E-state index is 7.89. The number of hydrogen-bond donors (Lipinski definition) is 2. The van der Waals surface area contributed by atoms with E-state index >= 15 is 0 Å². The van der Waals surface area contributed by atoms with Crippen molar-refractivity contribution in [3.05, 3.63) is 88.0 Å². The van der Waals surface area contributed by atoms with Crippen molar-refractivity contribution in [1.82, 2.24) is 0 Å². The van der Waals surface area contributed by atoms with Gasteiger partial charge in [-0.05, 0) is 94.2 Å². The Morgan fingerprint density at radius 1 is 0.973 bits per heavy atom. The Balaban J connectivity index is 1.32. The smallest absolute Gasteiger partial charge is 0.122 e. The van der Waals surface area contributed by atoms with Crippen LogP contribution in [0.1, 0.15) is 97.6 Å². The Hall–Kier alpha value is -3.20. The van der Waals surface area contributed by atoms with Crippen molar-refractivity contribution >= 4 is 28.4 Å². The Bertz CT molecular complexity index is 1400. The quantitative estimate of drug-likeness (QED) is 0.267. The topological polar surface area (TPSA) is 62.2 Å². The molecule has 0 radical (unpaired) electrons. The van der Waals surface area contributed by atoms with Gasteiger partial charge in [0.1, 0.15) is 5.84 Å². The van der Waals surface area contributed by atoms with Gasteiger partial charge >= 0.3 is 0 Å². The summed E-state index contributed by atoms with van der Waals surface area (Å²) in [6.07, 6.45) is 13.5. The number of rotatable bonds is 6. The lowest BCUT2D eigenvalue weighted by atomic mass is 9.80. The number of nitrogens with zero attached hydrogens (tertiary/aromatic N) is 1. The molecule has 0 aromatic heterocycles. The van der Waals surface area contributed by atoms with Crippen molar-refractivity contribution in [3.63, 3.8) is 0 Å². The van der Waals surface area contributed by atoms with Gasteiger partial charge in [0.05, 0.1) is 0 Å². The molecule has 190 valence electrons. The summed E-state index contributed by atoms with van der Waals surface area (Å²) >= 11 is 0. The molecule has 2 aliphatic carbocycles. The molecule has 3 nitrogen and oxygen atoms in total. The number of fused-ring (bicyclic) bond motifs is 2. The highest BCUT2D eigenvalue weighted by Gasteiger charge is 2.40. The monoisotopic (exact) mass is 489 g/mol. The minimum atomic E-state index is 0.121. The normalized spacial score (nSPS) is 21.9. The number of nitrogens with one attached hydrogen (secondary N) is 1. The first kappa shape index (κ1) is 24.2. The van der Waals surface area contributed by atoms with Crippen LogP contribution in [0.3, 0.4) is 0 Å². The molecule has 2 saturated carbocycles. The van der Waals surface area contributed by atoms with Crippen molar-refractivity contribution in [1.29, 1.82) is 5.41 Å². The molecule has 3 N–H and O–H groups in total. The number of allylic oxidation sites excluding steroid dienone is 1. The third-order valence-corrected chi connectivity index (χ3v) is 8.69. The van der Waals surface area contributed by atoms with Crippen LogP contribution in [0.4, 0.5) is 0 Å². The minimum absolute atomic E-state index is 0.121. The van der Waals surface area contributed by atoms with Crippen molar-refractivity contribution in [3.8, 4) is 0 Å². The van der Waals surface area contributed by atoms with E-state index in [2.05, 4.69) is 68.5 Å². The molecular formula is C34H39N3. The van der Waals surface area contributed by atoms with Crippen LogP contribution < -0.4 is 5.73 Å². The SMILES string of the molecule is CC(C)/C=C/c1cc(C2CC2c2ccc3c(c2)C(C2CCCCC2)=NCC3)cc2ccc(C(=N)N)cc12. The molecule has 1 aliphatic heterocycles. The predicted octanol–water partition coefficient (Wildman–Crippen LogP) is 7.99. The first-order valence-corrected chi connectivity index (χ1v) is 14.3. The van der Waals surface area contributed by atoms with E-state index in [1.807, 2.05) is 6.07 Å². The summed E-state index contributed by atoms with van der Waals surface area (Å²) in [7, 11) is 0. The second-order valence-electron chi connectivity index (χ2n) is 11.8. The molecule has 0 bridgehead atoms. The first-order valence-electron chi connectivity index (χ1n) is 14.3. The van der Waals surface area contributed by atoms with E-state index in [9.17, 15) is 0 Å². The largest absolute Gasteiger partial charge is 0.384 e. The molecule has 0 spiro atoms. The Labute approximate surface area is 221 Å². The zero-order valence-corrected chi connectivity index (χ0v) is 22.3. The standard InChI is InChI=1S/C34H39N3/c1-21(2)8-9-24-16-28(17-25-12-13-27(34(35)36)19-29(24)25)31-20-30(31)26-11-10-22-14-15-37-33(32(22)18-26)23-6-4-3-5-7-23/h8-13,16-19,21,23,30-31H,3-7,14-15,20H2,1-2H3,(H3,35,36)/b9-8+. The molecule has 2 unspecified atom stereocenters. The lowest BCUT2D eigenvalue weighted by Crippen LogP contribution is -2.24. The molecule has 0 amide bonds. The fraction of sp³-hybridized carbons (Fsp3) is 0.412. The lowest BCUT2D eigenvalue weighted by Gasteiger charge is -2.27. The van der Waals surface area contributed by atoms with Gasteiger partial charge in [0.25, 0.3) is 0 Å². The molecule has 1 heterocycles. The van der Waals surface area contributed by atoms with Crippen LogP contribution in [0.15, 0.2) is 59.6 Å². The van der Waals surface area contributed by atoms with Crippen molar-refractivity contribution in [2.45, 2.75) is 70.6 Å². The third-order valence-electron chi connectivity index (χ3n) is 8.69. The highest BCUT2D eigenvalue weighted by molar-refractivity contribution is 6.04. The van der Waals surface area contributed by atoms with Gasteiger partial charge in [-0.3, -0.25) is 10.4 Å². The fourth-order valence-corrected chi connectivity index (χ4v) is 6.55. The third kappa shape index (κ3) is 4.89. The maximum Gasteiger partial charge on any atom is 0.122 e. The number of aliphatic imine (C=N–C) groups is 1. The van der Waals surface area contributed by atoms with E-state index in [4.69, 9.17) is 16.1 Å². The molecule has 37 heavy (non-hydrogen) atoms. The Morgan fingerprint density at radius 3 is 2.57 bits per heavy atom. The molecule has 3 aliphatic rings. The average Bonchev–Trinajstić information content (AvgIpc) is 3.72. The maximum absolute atomic E-state index is 7.89. The number of nitrogen functional groups attached to an aromatic ring is 1. The van der Waals surface area contributed by atoms with E-state index in [0.29, 0.717) is 23.7 Å². The van der Waals surface area contributed by atoms with Crippen LogP contribution in [-0.4, -0.2) is 18.1 Å². The summed E-state index contributed by atoms with van der Waals surface area (Å²) < 4.78 is 0. The first-order chi connectivity index (χ1) is 18.0. The summed E-state index contributed by atoms with van der Waals surface area (Å²) in [6.45, 7) is 5.38. The predicted molar refractivity (Wildman–Crippen MR) is 157 cm³/mol. The molecular weight excluding hydrogens is 450 g/mol. The second-order valence-corrected chi connectivity index (χ2v) is 11.8. The summed E-state index contributed by atoms with van der Waals surface area (Å²) in [4.78, 5) is 5.08. The van der Waals surface area contributed by atoms with Crippen molar-refractivity contribution in [2.24, 2.45) is 22.6 Å². The molecule has 2 fully saturated rings. The van der Waals surface area contributed by atoms with Crippen LogP contribution in [0.2, 0.25) is 0 Å². The molecule has 0 saturated heterocycles. The van der Waals surface area contributed by atoms with Gasteiger partial charge in [-0.15, -0.1) is 0 Å². The van der Waals surface area contributed by atoms with Crippen molar-refractivity contribution in [2.75, 3.05) is 6.54 Å². The second kappa shape index (κ2) is 9.93. The lowest BCUT2D eigenvalue weighted by molar-refractivity contribution is 0.438. The molecule has 2 atom stereocenters. The highest BCUT2D eigenvalue weighted by Crippen LogP contribution is 2.55. The van der Waals surface area contributed by atoms with Gasteiger partial charge in [-0.1, -0.05) is 81.7 Å². The van der Waals surface area contributed by atoms with Gasteiger partial charge in [0.15, 0.2) is 0 Å². The van der Waals surface area contributed by atoms with Crippen molar-refractivity contribution < 1.29 is 0 Å². The Morgan fingerprint density at radius 2 is 1.78 bits per heavy atom. The molecule has 3 aromatic rings. The summed E-state index contributed by atoms with van der Waals surface area (Å²) in [5, 5.41) is 10.3. The number of hydrogen-bond acceptors (Lipinski definition) is 2. The van der Waals surface area contributed by atoms with Gasteiger partial charge in [0, 0.05) is 23.7 Å². The molecule has 6 rings (SSSR count). The van der Waals surface area contributed by atoms with Crippen LogP contribution in [0, 0.1) is 17.2 Å². The molecule has 3 heteroatoms. The van der Waals surface area contributed by atoms with Crippen LogP contribution in [0.25, 0.3) is 16.8 Å². The average molecular weight is 490 g/mol. The molecule has 3 aromatic carbocycles. The van der Waals surface area contributed by atoms with Gasteiger partial charge in [0.2, 0.25) is 0 Å². The van der Waals surface area contributed by atoms with Crippen LogP contribution >= 0.6 is 0 Å². The van der Waals surface area contributed by atoms with Crippen LogP contribution in [-0.2, 0) is 6.42 Å². The zero-order chi connectivity index (χ0) is 25.5.